The third-order valence-electron chi connectivity index (χ3n) is 3.03. The minimum absolute atomic E-state index is 0.148. The lowest BCUT2D eigenvalue weighted by atomic mass is 9.83. The fraction of sp³-hybridized carbons (Fsp3) is 0.467. The standard InChI is InChI=1S/C15H18N2O/c1-9-11(3)18-14(15(4,5)6)10(2)13(9)12(7-16)8-17/h1-6H3. The van der Waals surface area contributed by atoms with Crippen molar-refractivity contribution in [2.24, 2.45) is 5.41 Å². The van der Waals surface area contributed by atoms with Crippen molar-refractivity contribution >= 4 is 0 Å². The first-order valence-corrected chi connectivity index (χ1v) is 5.86. The van der Waals surface area contributed by atoms with E-state index in [1.807, 2.05) is 32.9 Å². The van der Waals surface area contributed by atoms with Gasteiger partial charge in [0.2, 0.25) is 0 Å². The van der Waals surface area contributed by atoms with Crippen LogP contribution in [0.5, 0.6) is 0 Å². The molecule has 0 unspecified atom stereocenters. The van der Waals surface area contributed by atoms with E-state index in [2.05, 4.69) is 20.8 Å². The van der Waals surface area contributed by atoms with Gasteiger partial charge in [-0.25, -0.2) is 0 Å². The summed E-state index contributed by atoms with van der Waals surface area (Å²) in [4.78, 5) is 0. The molecule has 0 saturated heterocycles. The van der Waals surface area contributed by atoms with Crippen LogP contribution in [0.15, 0.2) is 33.8 Å². The van der Waals surface area contributed by atoms with Crippen molar-refractivity contribution in [1.29, 1.82) is 10.5 Å². The van der Waals surface area contributed by atoms with Crippen LogP contribution in [0.25, 0.3) is 0 Å². The highest BCUT2D eigenvalue weighted by molar-refractivity contribution is 5.60. The van der Waals surface area contributed by atoms with Gasteiger partial charge in [-0.15, -0.1) is 0 Å². The molecule has 0 radical (unpaired) electrons. The molecular weight excluding hydrogens is 224 g/mol. The van der Waals surface area contributed by atoms with Gasteiger partial charge in [-0.2, -0.15) is 10.5 Å². The third-order valence-corrected chi connectivity index (χ3v) is 3.03. The van der Waals surface area contributed by atoms with Crippen molar-refractivity contribution < 1.29 is 4.74 Å². The molecule has 0 spiro atoms. The molecule has 1 aliphatic rings. The Kier molecular flexibility index (Phi) is 3.67. The maximum absolute atomic E-state index is 9.07. The molecule has 3 nitrogen and oxygen atoms in total. The summed E-state index contributed by atoms with van der Waals surface area (Å²) in [6, 6.07) is 3.94. The summed E-state index contributed by atoms with van der Waals surface area (Å²) in [6.07, 6.45) is 0. The van der Waals surface area contributed by atoms with Crippen molar-refractivity contribution in [1.82, 2.24) is 0 Å². The molecule has 0 aromatic carbocycles. The van der Waals surface area contributed by atoms with E-state index in [0.717, 1.165) is 22.7 Å². The first-order valence-electron chi connectivity index (χ1n) is 5.86. The normalized spacial score (nSPS) is 16.1. The van der Waals surface area contributed by atoms with E-state index >= 15 is 0 Å². The Morgan fingerprint density at radius 1 is 1.00 bits per heavy atom. The molecule has 1 aliphatic heterocycles. The molecule has 0 bridgehead atoms. The van der Waals surface area contributed by atoms with Gasteiger partial charge in [-0.1, -0.05) is 20.8 Å². The van der Waals surface area contributed by atoms with Crippen LogP contribution in [0.4, 0.5) is 0 Å². The molecule has 0 aliphatic carbocycles. The first kappa shape index (κ1) is 14.1. The number of nitrogens with zero attached hydrogens (tertiary/aromatic N) is 2. The molecule has 0 saturated carbocycles. The second-order valence-electron chi connectivity index (χ2n) is 5.46. The minimum Gasteiger partial charge on any atom is -0.465 e. The maximum atomic E-state index is 9.07. The smallest absolute Gasteiger partial charge is 0.137 e. The summed E-state index contributed by atoms with van der Waals surface area (Å²) in [5.41, 5.74) is 2.44. The van der Waals surface area contributed by atoms with Crippen molar-refractivity contribution in [2.75, 3.05) is 0 Å². The number of hydrogen-bond acceptors (Lipinski definition) is 3. The molecule has 3 heteroatoms. The Balaban J connectivity index is 3.63. The van der Waals surface area contributed by atoms with Gasteiger partial charge in [0.1, 0.15) is 29.2 Å². The van der Waals surface area contributed by atoms with Crippen LogP contribution in [-0.4, -0.2) is 0 Å². The average Bonchev–Trinajstić information content (AvgIpc) is 2.27. The molecule has 0 N–H and O–H groups in total. The molecule has 94 valence electrons. The van der Waals surface area contributed by atoms with Crippen LogP contribution in [0, 0.1) is 28.1 Å². The highest BCUT2D eigenvalue weighted by Gasteiger charge is 2.30. The Bertz CT molecular complexity index is 539. The fourth-order valence-electron chi connectivity index (χ4n) is 2.10. The van der Waals surface area contributed by atoms with Gasteiger partial charge in [0, 0.05) is 11.0 Å². The molecule has 0 atom stereocenters. The predicted octanol–water partition coefficient (Wildman–Crippen LogP) is 3.97. The second-order valence-corrected chi connectivity index (χ2v) is 5.46. The van der Waals surface area contributed by atoms with Crippen LogP contribution >= 0.6 is 0 Å². The highest BCUT2D eigenvalue weighted by Crippen LogP contribution is 2.41. The van der Waals surface area contributed by atoms with Gasteiger partial charge in [0.15, 0.2) is 0 Å². The lowest BCUT2D eigenvalue weighted by Gasteiger charge is -2.31. The predicted molar refractivity (Wildman–Crippen MR) is 69.9 cm³/mol. The summed E-state index contributed by atoms with van der Waals surface area (Å²) < 4.78 is 5.85. The number of nitriles is 2. The lowest BCUT2D eigenvalue weighted by Crippen LogP contribution is -2.19. The number of ether oxygens (including phenoxy) is 1. The molecule has 18 heavy (non-hydrogen) atoms. The largest absolute Gasteiger partial charge is 0.465 e. The van der Waals surface area contributed by atoms with E-state index in [4.69, 9.17) is 15.3 Å². The Morgan fingerprint density at radius 3 is 1.89 bits per heavy atom. The molecule has 0 aromatic rings. The molecule has 0 aromatic heterocycles. The second kappa shape index (κ2) is 4.70. The van der Waals surface area contributed by atoms with Gasteiger partial charge in [-0.3, -0.25) is 0 Å². The van der Waals surface area contributed by atoms with E-state index in [1.165, 1.54) is 0 Å². The van der Waals surface area contributed by atoms with Gasteiger partial charge < -0.3 is 4.74 Å². The first-order chi connectivity index (χ1) is 8.23. The van der Waals surface area contributed by atoms with Crippen molar-refractivity contribution in [2.45, 2.75) is 41.5 Å². The van der Waals surface area contributed by atoms with E-state index in [0.29, 0.717) is 5.57 Å². The molecule has 0 amide bonds. The van der Waals surface area contributed by atoms with Crippen molar-refractivity contribution in [3.05, 3.63) is 33.8 Å². The summed E-state index contributed by atoms with van der Waals surface area (Å²) in [7, 11) is 0. The molecule has 1 heterocycles. The SMILES string of the molecule is CC1=C(C)C(=C(C#N)C#N)C(C)=C(C(C)(C)C)O1. The highest BCUT2D eigenvalue weighted by atomic mass is 16.5. The van der Waals surface area contributed by atoms with Crippen molar-refractivity contribution in [3.63, 3.8) is 0 Å². The summed E-state index contributed by atoms with van der Waals surface area (Å²) in [5.74, 6) is 1.58. The van der Waals surface area contributed by atoms with Crippen LogP contribution in [0.3, 0.4) is 0 Å². The Labute approximate surface area is 109 Å². The van der Waals surface area contributed by atoms with E-state index in [1.54, 1.807) is 0 Å². The zero-order valence-corrected chi connectivity index (χ0v) is 11.8. The summed E-state index contributed by atoms with van der Waals surface area (Å²) in [5, 5.41) is 18.1. The van der Waals surface area contributed by atoms with Crippen molar-refractivity contribution in [3.8, 4) is 12.1 Å². The van der Waals surface area contributed by atoms with Crippen LogP contribution < -0.4 is 0 Å². The van der Waals surface area contributed by atoms with E-state index in [9.17, 15) is 0 Å². The zero-order chi connectivity index (χ0) is 14.1. The minimum atomic E-state index is -0.159. The third kappa shape index (κ3) is 2.31. The Hall–Kier alpha value is -2.00. The average molecular weight is 242 g/mol. The molecular formula is C15H18N2O. The van der Waals surface area contributed by atoms with Crippen LogP contribution in [0.1, 0.15) is 41.5 Å². The number of rotatable bonds is 0. The lowest BCUT2D eigenvalue weighted by molar-refractivity contribution is 0.207. The monoisotopic (exact) mass is 242 g/mol. The van der Waals surface area contributed by atoms with Crippen LogP contribution in [0.2, 0.25) is 0 Å². The molecule has 1 rings (SSSR count). The molecule has 0 fully saturated rings. The quantitative estimate of drug-likeness (QED) is 0.604. The van der Waals surface area contributed by atoms with E-state index in [-0.39, 0.29) is 11.0 Å². The number of hydrogen-bond donors (Lipinski definition) is 0. The summed E-state index contributed by atoms with van der Waals surface area (Å²) in [6.45, 7) is 11.8. The number of allylic oxidation sites excluding steroid dienone is 6. The topological polar surface area (TPSA) is 56.8 Å². The van der Waals surface area contributed by atoms with Crippen LogP contribution in [-0.2, 0) is 4.74 Å². The maximum Gasteiger partial charge on any atom is 0.137 e. The van der Waals surface area contributed by atoms with E-state index < -0.39 is 0 Å². The zero-order valence-electron chi connectivity index (χ0n) is 11.8. The Morgan fingerprint density at radius 2 is 1.50 bits per heavy atom. The van der Waals surface area contributed by atoms with Gasteiger partial charge in [-0.05, 0) is 31.9 Å². The van der Waals surface area contributed by atoms with Gasteiger partial charge in [0.25, 0.3) is 0 Å². The fourth-order valence-corrected chi connectivity index (χ4v) is 2.10. The summed E-state index contributed by atoms with van der Waals surface area (Å²) >= 11 is 0. The van der Waals surface area contributed by atoms with Gasteiger partial charge >= 0.3 is 0 Å². The van der Waals surface area contributed by atoms with Gasteiger partial charge in [0.05, 0.1) is 0 Å².